The van der Waals surface area contributed by atoms with Crippen molar-refractivity contribution >= 4 is 29.4 Å². The van der Waals surface area contributed by atoms with Crippen molar-refractivity contribution in [2.24, 2.45) is 0 Å². The van der Waals surface area contributed by atoms with Gasteiger partial charge < -0.3 is 10.1 Å². The van der Waals surface area contributed by atoms with Gasteiger partial charge in [0.25, 0.3) is 0 Å². The predicted molar refractivity (Wildman–Crippen MR) is 150 cm³/mol. The molecule has 1 atom stereocenters. The lowest BCUT2D eigenvalue weighted by molar-refractivity contribution is -0.123. The Kier molecular flexibility index (Phi) is 7.69. The average Bonchev–Trinajstić information content (AvgIpc) is 3.18. The number of hydrogen-bond donors (Lipinski definition) is 1. The van der Waals surface area contributed by atoms with Crippen LogP contribution < -0.4 is 15.0 Å². The number of methoxy groups -OCH3 is 1. The second kappa shape index (κ2) is 10.6. The van der Waals surface area contributed by atoms with Crippen LogP contribution in [-0.4, -0.2) is 47.0 Å². The molecule has 1 unspecified atom stereocenters. The van der Waals surface area contributed by atoms with Gasteiger partial charge in [0.05, 0.1) is 29.5 Å². The first kappa shape index (κ1) is 26.8. The Bertz CT molecular complexity index is 1290. The lowest BCUT2D eigenvalue weighted by Crippen LogP contribution is -2.44. The molecule has 1 N–H and O–H groups in total. The molecule has 3 aromatic rings. The first-order valence-electron chi connectivity index (χ1n) is 12.6. The number of anilines is 1. The van der Waals surface area contributed by atoms with E-state index in [1.54, 1.807) is 23.8 Å². The number of rotatable bonds is 6. The third-order valence-electron chi connectivity index (χ3n) is 6.34. The van der Waals surface area contributed by atoms with Crippen LogP contribution in [0.5, 0.6) is 5.75 Å². The van der Waals surface area contributed by atoms with Crippen LogP contribution >= 0.6 is 11.8 Å². The Morgan fingerprint density at radius 3 is 2.43 bits per heavy atom. The molecule has 0 saturated carbocycles. The molecule has 196 valence electrons. The van der Waals surface area contributed by atoms with Crippen molar-refractivity contribution in [2.45, 2.75) is 58.2 Å². The van der Waals surface area contributed by atoms with Gasteiger partial charge in [-0.3, -0.25) is 14.5 Å². The molecular weight excluding hydrogens is 484 g/mol. The van der Waals surface area contributed by atoms with Gasteiger partial charge in [0.15, 0.2) is 0 Å². The average molecular weight is 521 g/mol. The number of nitrogens with one attached hydrogen (secondary N) is 1. The van der Waals surface area contributed by atoms with Gasteiger partial charge in [-0.15, -0.1) is 11.8 Å². The number of benzene rings is 2. The summed E-state index contributed by atoms with van der Waals surface area (Å²) in [6, 6.07) is 15.9. The van der Waals surface area contributed by atoms with Crippen LogP contribution in [0.15, 0.2) is 48.5 Å². The fourth-order valence-electron chi connectivity index (χ4n) is 4.61. The molecule has 0 aliphatic carbocycles. The molecule has 0 saturated heterocycles. The van der Waals surface area contributed by atoms with E-state index in [4.69, 9.17) is 9.84 Å². The molecule has 4 rings (SSSR count). The van der Waals surface area contributed by atoms with E-state index in [0.717, 1.165) is 33.8 Å². The van der Waals surface area contributed by atoms with Crippen molar-refractivity contribution in [2.75, 3.05) is 24.3 Å². The minimum Gasteiger partial charge on any atom is -0.497 e. The van der Waals surface area contributed by atoms with E-state index < -0.39 is 0 Å². The fraction of sp³-hybridized carbons (Fsp3) is 0.414. The van der Waals surface area contributed by atoms with Crippen LogP contribution in [0.25, 0.3) is 5.69 Å². The summed E-state index contributed by atoms with van der Waals surface area (Å²) in [7, 11) is 1.63. The summed E-state index contributed by atoms with van der Waals surface area (Å²) < 4.78 is 7.19. The van der Waals surface area contributed by atoms with Gasteiger partial charge in [0, 0.05) is 17.0 Å². The van der Waals surface area contributed by atoms with Crippen LogP contribution in [0.4, 0.5) is 5.82 Å². The van der Waals surface area contributed by atoms with Crippen molar-refractivity contribution in [1.82, 2.24) is 15.1 Å². The van der Waals surface area contributed by atoms with Gasteiger partial charge in [-0.05, 0) is 56.2 Å². The maximum Gasteiger partial charge on any atom is 0.240 e. The van der Waals surface area contributed by atoms with Crippen molar-refractivity contribution in [3.8, 4) is 11.4 Å². The Morgan fingerprint density at radius 1 is 1.16 bits per heavy atom. The molecule has 0 fully saturated rings. The maximum absolute atomic E-state index is 13.7. The van der Waals surface area contributed by atoms with Gasteiger partial charge in [-0.2, -0.15) is 5.10 Å². The minimum absolute atomic E-state index is 0.0280. The van der Waals surface area contributed by atoms with Gasteiger partial charge in [0.1, 0.15) is 18.1 Å². The van der Waals surface area contributed by atoms with Gasteiger partial charge in [-0.25, -0.2) is 4.68 Å². The molecule has 1 aromatic heterocycles. The van der Waals surface area contributed by atoms with Gasteiger partial charge >= 0.3 is 0 Å². The monoisotopic (exact) mass is 520 g/mol. The highest BCUT2D eigenvalue weighted by Gasteiger charge is 2.40. The highest BCUT2D eigenvalue weighted by Crippen LogP contribution is 2.49. The minimum atomic E-state index is -0.303. The van der Waals surface area contributed by atoms with E-state index >= 15 is 0 Å². The third kappa shape index (κ3) is 5.54. The largest absolute Gasteiger partial charge is 0.497 e. The van der Waals surface area contributed by atoms with Gasteiger partial charge in [0.2, 0.25) is 11.8 Å². The molecule has 2 heterocycles. The Morgan fingerprint density at radius 2 is 1.84 bits per heavy atom. The van der Waals surface area contributed by atoms with Crippen LogP contribution in [0, 0.1) is 6.92 Å². The number of nitrogens with zero attached hydrogens (tertiary/aromatic N) is 3. The van der Waals surface area contributed by atoms with Gasteiger partial charge in [-0.1, -0.05) is 45.0 Å². The summed E-state index contributed by atoms with van der Waals surface area (Å²) in [5.74, 6) is 1.33. The summed E-state index contributed by atoms with van der Waals surface area (Å²) in [6.45, 7) is 12.3. The molecule has 8 heteroatoms. The summed E-state index contributed by atoms with van der Waals surface area (Å²) in [6.07, 6.45) is 0. The number of fused-ring (bicyclic) bond motifs is 1. The number of carbonyl (C=O) groups is 2. The summed E-state index contributed by atoms with van der Waals surface area (Å²) in [4.78, 5) is 28.3. The first-order chi connectivity index (χ1) is 17.5. The number of hydrogen-bond acceptors (Lipinski definition) is 5. The SMILES string of the molecule is COc1ccc(-n2nc(C(C)(C)C)c3c2N(CC(=O)NC(C)C)C(=O)CSC3c2ccccc2C)cc1. The highest BCUT2D eigenvalue weighted by molar-refractivity contribution is 8.00. The quantitative estimate of drug-likeness (QED) is 0.485. The first-order valence-corrected chi connectivity index (χ1v) is 13.6. The summed E-state index contributed by atoms with van der Waals surface area (Å²) in [5.41, 5.74) is 4.68. The lowest BCUT2D eigenvalue weighted by Gasteiger charge is -2.25. The number of thioether (sulfide) groups is 1. The lowest BCUT2D eigenvalue weighted by atomic mass is 9.86. The molecule has 2 amide bonds. The zero-order valence-electron chi connectivity index (χ0n) is 22.7. The Hall–Kier alpha value is -3.26. The number of ether oxygens (including phenoxy) is 1. The van der Waals surface area contributed by atoms with Crippen LogP contribution in [0.3, 0.4) is 0 Å². The van der Waals surface area contributed by atoms with Crippen LogP contribution in [0.2, 0.25) is 0 Å². The summed E-state index contributed by atoms with van der Waals surface area (Å²) >= 11 is 1.60. The van der Waals surface area contributed by atoms with Crippen molar-refractivity contribution < 1.29 is 14.3 Å². The molecule has 37 heavy (non-hydrogen) atoms. The smallest absolute Gasteiger partial charge is 0.240 e. The Labute approximate surface area is 223 Å². The van der Waals surface area contributed by atoms with E-state index in [9.17, 15) is 9.59 Å². The second-order valence-corrected chi connectivity index (χ2v) is 11.8. The maximum atomic E-state index is 13.7. The molecule has 2 aromatic carbocycles. The number of aryl methyl sites for hydroxylation is 1. The van der Waals surface area contributed by atoms with Crippen molar-refractivity contribution in [3.63, 3.8) is 0 Å². The topological polar surface area (TPSA) is 76.5 Å². The summed E-state index contributed by atoms with van der Waals surface area (Å²) in [5, 5.41) is 7.95. The zero-order valence-corrected chi connectivity index (χ0v) is 23.5. The van der Waals surface area contributed by atoms with E-state index in [1.165, 1.54) is 0 Å². The predicted octanol–water partition coefficient (Wildman–Crippen LogP) is 5.18. The fourth-order valence-corrected chi connectivity index (χ4v) is 5.91. The van der Waals surface area contributed by atoms with Crippen molar-refractivity contribution in [3.05, 3.63) is 70.9 Å². The van der Waals surface area contributed by atoms with Crippen LogP contribution in [-0.2, 0) is 15.0 Å². The second-order valence-electron chi connectivity index (χ2n) is 10.7. The molecule has 1 aliphatic heterocycles. The molecular formula is C29H36N4O3S. The molecule has 7 nitrogen and oxygen atoms in total. The highest BCUT2D eigenvalue weighted by atomic mass is 32.2. The number of amides is 2. The normalized spacial score (nSPS) is 15.9. The van der Waals surface area contributed by atoms with E-state index in [-0.39, 0.29) is 40.8 Å². The molecule has 0 radical (unpaired) electrons. The molecule has 1 aliphatic rings. The Balaban J connectivity index is 2.01. The molecule has 0 spiro atoms. The van der Waals surface area contributed by atoms with Crippen LogP contribution in [0.1, 0.15) is 62.3 Å². The number of carbonyl (C=O) groups excluding carboxylic acids is 2. The third-order valence-corrected chi connectivity index (χ3v) is 7.58. The molecule has 0 bridgehead atoms. The standard InChI is InChI=1S/C29H36N4O3S/c1-18(2)30-23(34)16-32-24(35)17-37-26(22-11-9-8-10-19(22)3)25-27(29(4,5)6)31-33(28(25)32)20-12-14-21(36-7)15-13-20/h8-15,18,26H,16-17H2,1-7H3,(H,30,34). The van der Waals surface area contributed by atoms with E-state index in [0.29, 0.717) is 5.82 Å². The zero-order chi connectivity index (χ0) is 26.9. The van der Waals surface area contributed by atoms with Crippen molar-refractivity contribution in [1.29, 1.82) is 0 Å². The number of aromatic nitrogens is 2. The van der Waals surface area contributed by atoms with E-state index in [1.807, 2.05) is 54.9 Å². The van der Waals surface area contributed by atoms with E-state index in [2.05, 4.69) is 45.1 Å².